The van der Waals surface area contributed by atoms with Crippen LogP contribution in [0.15, 0.2) is 30.5 Å². The zero-order valence-electron chi connectivity index (χ0n) is 12.8. The van der Waals surface area contributed by atoms with Crippen LogP contribution < -0.4 is 21.3 Å². The van der Waals surface area contributed by atoms with Gasteiger partial charge in [-0.05, 0) is 24.3 Å². The highest BCUT2D eigenvalue weighted by molar-refractivity contribution is 5.64. The Morgan fingerprint density at radius 2 is 1.50 bits per heavy atom. The first-order valence-electron chi connectivity index (χ1n) is 7.40. The summed E-state index contributed by atoms with van der Waals surface area (Å²) in [5.74, 6) is 0.449. The number of nitrogens with two attached hydrogens (primary N) is 2. The summed E-state index contributed by atoms with van der Waals surface area (Å²) in [6.45, 7) is 2.65. The SMILES string of the molecule is Nc1ncc(N2CCN(c3ccc(C(F)(F)F)cc3)CC2)c(N)n1. The minimum atomic E-state index is -4.32. The number of alkyl halides is 3. The predicted octanol–water partition coefficient (Wildman–Crippen LogP) is 1.99. The Kier molecular flexibility index (Phi) is 4.08. The van der Waals surface area contributed by atoms with Crippen molar-refractivity contribution in [3.8, 4) is 0 Å². The number of piperazine rings is 1. The molecule has 4 N–H and O–H groups in total. The second kappa shape index (κ2) is 6.06. The molecule has 0 bridgehead atoms. The number of aromatic nitrogens is 2. The van der Waals surface area contributed by atoms with Gasteiger partial charge in [0.25, 0.3) is 0 Å². The lowest BCUT2D eigenvalue weighted by atomic mass is 10.1. The monoisotopic (exact) mass is 338 g/mol. The molecule has 1 aromatic heterocycles. The summed E-state index contributed by atoms with van der Waals surface area (Å²) < 4.78 is 37.8. The third-order valence-electron chi connectivity index (χ3n) is 4.00. The molecule has 24 heavy (non-hydrogen) atoms. The van der Waals surface area contributed by atoms with E-state index < -0.39 is 11.7 Å². The summed E-state index contributed by atoms with van der Waals surface area (Å²) in [6, 6.07) is 5.21. The molecule has 0 spiro atoms. The lowest BCUT2D eigenvalue weighted by Gasteiger charge is -2.37. The van der Waals surface area contributed by atoms with Crippen LogP contribution >= 0.6 is 0 Å². The van der Waals surface area contributed by atoms with E-state index >= 15 is 0 Å². The molecule has 2 aromatic rings. The molecule has 0 radical (unpaired) electrons. The zero-order chi connectivity index (χ0) is 17.3. The lowest BCUT2D eigenvalue weighted by molar-refractivity contribution is -0.137. The Labute approximate surface area is 136 Å². The fourth-order valence-electron chi connectivity index (χ4n) is 2.71. The van der Waals surface area contributed by atoms with Crippen LogP contribution in [0.5, 0.6) is 0 Å². The van der Waals surface area contributed by atoms with Crippen LogP contribution in [0.4, 0.5) is 36.3 Å². The normalized spacial score (nSPS) is 15.6. The van der Waals surface area contributed by atoms with E-state index in [0.717, 1.165) is 23.5 Å². The first-order valence-corrected chi connectivity index (χ1v) is 7.40. The molecule has 0 atom stereocenters. The summed E-state index contributed by atoms with van der Waals surface area (Å²) >= 11 is 0. The standard InChI is InChI=1S/C15H17F3N6/c16-15(17,18)10-1-3-11(4-2-10)23-5-7-24(8-6-23)12-9-21-14(20)22-13(12)19/h1-4,9H,5-8H2,(H4,19,20,21,22). The maximum Gasteiger partial charge on any atom is 0.416 e. The number of nitrogen functional groups attached to an aromatic ring is 2. The lowest BCUT2D eigenvalue weighted by Crippen LogP contribution is -2.46. The van der Waals surface area contributed by atoms with E-state index in [4.69, 9.17) is 11.5 Å². The Bertz CT molecular complexity index is 708. The van der Waals surface area contributed by atoms with Crippen LogP contribution in [0.25, 0.3) is 0 Å². The number of nitrogens with zero attached hydrogens (tertiary/aromatic N) is 4. The average Bonchev–Trinajstić information content (AvgIpc) is 2.54. The molecule has 1 aliphatic heterocycles. The van der Waals surface area contributed by atoms with Gasteiger partial charge in [0.2, 0.25) is 5.95 Å². The highest BCUT2D eigenvalue weighted by Crippen LogP contribution is 2.31. The molecule has 0 aliphatic carbocycles. The minimum Gasteiger partial charge on any atom is -0.382 e. The van der Waals surface area contributed by atoms with Gasteiger partial charge in [-0.1, -0.05) is 0 Å². The Balaban J connectivity index is 1.66. The first-order chi connectivity index (χ1) is 11.3. The van der Waals surface area contributed by atoms with E-state index in [-0.39, 0.29) is 5.95 Å². The third-order valence-corrected chi connectivity index (χ3v) is 4.00. The largest absolute Gasteiger partial charge is 0.416 e. The number of benzene rings is 1. The molecule has 0 unspecified atom stereocenters. The van der Waals surface area contributed by atoms with Crippen molar-refractivity contribution in [3.63, 3.8) is 0 Å². The van der Waals surface area contributed by atoms with E-state index in [1.807, 2.05) is 9.80 Å². The number of rotatable bonds is 2. The molecule has 6 nitrogen and oxygen atoms in total. The smallest absolute Gasteiger partial charge is 0.382 e. The number of halogens is 3. The van der Waals surface area contributed by atoms with Gasteiger partial charge in [-0.15, -0.1) is 0 Å². The quantitative estimate of drug-likeness (QED) is 0.871. The van der Waals surface area contributed by atoms with Crippen molar-refractivity contribution in [2.24, 2.45) is 0 Å². The fraction of sp³-hybridized carbons (Fsp3) is 0.333. The highest BCUT2D eigenvalue weighted by atomic mass is 19.4. The molecule has 9 heteroatoms. The second-order valence-electron chi connectivity index (χ2n) is 5.52. The molecule has 0 amide bonds. The van der Waals surface area contributed by atoms with Crippen molar-refractivity contribution >= 4 is 23.1 Å². The minimum absolute atomic E-state index is 0.125. The van der Waals surface area contributed by atoms with E-state index in [9.17, 15) is 13.2 Å². The van der Waals surface area contributed by atoms with Gasteiger partial charge < -0.3 is 21.3 Å². The molecule has 1 aromatic carbocycles. The second-order valence-corrected chi connectivity index (χ2v) is 5.52. The van der Waals surface area contributed by atoms with Gasteiger partial charge in [-0.25, -0.2) is 4.98 Å². The molecule has 2 heterocycles. The summed E-state index contributed by atoms with van der Waals surface area (Å²) in [4.78, 5) is 12.0. The molecule has 0 saturated carbocycles. The highest BCUT2D eigenvalue weighted by Gasteiger charge is 2.30. The van der Waals surface area contributed by atoms with Crippen molar-refractivity contribution < 1.29 is 13.2 Å². The summed E-state index contributed by atoms with van der Waals surface area (Å²) in [5.41, 5.74) is 12.2. The van der Waals surface area contributed by atoms with Crippen LogP contribution in [0.1, 0.15) is 5.56 Å². The Hall–Kier alpha value is -2.71. The maximum absolute atomic E-state index is 12.6. The third kappa shape index (κ3) is 3.29. The van der Waals surface area contributed by atoms with Crippen LogP contribution in [-0.4, -0.2) is 36.1 Å². The summed E-state index contributed by atoms with van der Waals surface area (Å²) in [5, 5.41) is 0. The van der Waals surface area contributed by atoms with Gasteiger partial charge >= 0.3 is 6.18 Å². The van der Waals surface area contributed by atoms with E-state index in [1.54, 1.807) is 6.20 Å². The van der Waals surface area contributed by atoms with Crippen LogP contribution in [0.3, 0.4) is 0 Å². The van der Waals surface area contributed by atoms with Gasteiger partial charge in [-0.3, -0.25) is 0 Å². The van der Waals surface area contributed by atoms with Gasteiger partial charge in [0.15, 0.2) is 5.82 Å². The van der Waals surface area contributed by atoms with Gasteiger partial charge in [-0.2, -0.15) is 18.2 Å². The van der Waals surface area contributed by atoms with Crippen molar-refractivity contribution in [3.05, 3.63) is 36.0 Å². The first kappa shape index (κ1) is 16.2. The van der Waals surface area contributed by atoms with Crippen molar-refractivity contribution in [2.45, 2.75) is 6.18 Å². The maximum atomic E-state index is 12.6. The molecule has 1 fully saturated rings. The summed E-state index contributed by atoms with van der Waals surface area (Å²) in [6.07, 6.45) is -2.73. The molecule has 128 valence electrons. The van der Waals surface area contributed by atoms with Crippen molar-refractivity contribution in [2.75, 3.05) is 47.4 Å². The summed E-state index contributed by atoms with van der Waals surface area (Å²) in [7, 11) is 0. The van der Waals surface area contributed by atoms with Gasteiger partial charge in [0.1, 0.15) is 0 Å². The topological polar surface area (TPSA) is 84.3 Å². The molecular formula is C15H17F3N6. The van der Waals surface area contributed by atoms with Crippen LogP contribution in [0.2, 0.25) is 0 Å². The van der Waals surface area contributed by atoms with Crippen LogP contribution in [0, 0.1) is 0 Å². The fourth-order valence-corrected chi connectivity index (χ4v) is 2.71. The molecule has 1 aliphatic rings. The van der Waals surface area contributed by atoms with Gasteiger partial charge in [0.05, 0.1) is 17.4 Å². The van der Waals surface area contributed by atoms with E-state index in [2.05, 4.69) is 9.97 Å². The molecule has 3 rings (SSSR count). The Morgan fingerprint density at radius 1 is 0.917 bits per heavy atom. The van der Waals surface area contributed by atoms with Crippen molar-refractivity contribution in [1.82, 2.24) is 9.97 Å². The molecule has 1 saturated heterocycles. The predicted molar refractivity (Wildman–Crippen MR) is 86.7 cm³/mol. The number of hydrogen-bond donors (Lipinski definition) is 2. The Morgan fingerprint density at radius 3 is 2.04 bits per heavy atom. The van der Waals surface area contributed by atoms with Crippen molar-refractivity contribution in [1.29, 1.82) is 0 Å². The number of hydrogen-bond acceptors (Lipinski definition) is 6. The average molecular weight is 338 g/mol. The zero-order valence-corrected chi connectivity index (χ0v) is 12.8. The van der Waals surface area contributed by atoms with Crippen LogP contribution in [-0.2, 0) is 6.18 Å². The number of anilines is 4. The van der Waals surface area contributed by atoms with E-state index in [0.29, 0.717) is 32.0 Å². The molecular weight excluding hydrogens is 321 g/mol. The van der Waals surface area contributed by atoms with E-state index in [1.165, 1.54) is 12.1 Å². The van der Waals surface area contributed by atoms with Gasteiger partial charge in [0, 0.05) is 31.9 Å².